The minimum Gasteiger partial charge on any atom is -0.487 e. The Hall–Kier alpha value is -1.58. The molecular weight excluding hydrogens is 684 g/mol. The summed E-state index contributed by atoms with van der Waals surface area (Å²) >= 11 is 0. The quantitative estimate of drug-likeness (QED) is 0.114. The average Bonchev–Trinajstić information content (AvgIpc) is 3.11. The molecule has 12 heteroatoms. The third-order valence-electron chi connectivity index (χ3n) is 12.0. The SMILES string of the molecule is Cc1c(C)c2c(c(C)c1O[C@@H]1O[C@H](CO)[C@@H](OC3O[C@H](CO)[C@@H](O)[C@H](O)[C@H]3O)[C@H](O)[C@H]1O)CC[C@@](C)(CCC[C@H](C)CCC[C@H](C)CCCC(C)C)O2. The van der Waals surface area contributed by atoms with Crippen LogP contribution < -0.4 is 9.47 Å². The number of rotatable bonds is 18. The van der Waals surface area contributed by atoms with Gasteiger partial charge < -0.3 is 59.4 Å². The molecule has 1 unspecified atom stereocenters. The Balaban J connectivity index is 1.35. The molecule has 1 aromatic carbocycles. The van der Waals surface area contributed by atoms with Crippen LogP contribution in [-0.4, -0.2) is 116 Å². The lowest BCUT2D eigenvalue weighted by atomic mass is 9.83. The second-order valence-corrected chi connectivity index (χ2v) is 17.0. The van der Waals surface area contributed by atoms with Crippen LogP contribution in [0.25, 0.3) is 0 Å². The minimum absolute atomic E-state index is 0.277. The smallest absolute Gasteiger partial charge is 0.229 e. The van der Waals surface area contributed by atoms with E-state index in [-0.39, 0.29) is 5.60 Å². The Kier molecular flexibility index (Phi) is 16.3. The number of benzene rings is 1. The van der Waals surface area contributed by atoms with Crippen molar-refractivity contribution in [3.63, 3.8) is 0 Å². The van der Waals surface area contributed by atoms with Gasteiger partial charge in [-0.3, -0.25) is 0 Å². The van der Waals surface area contributed by atoms with E-state index in [1.807, 2.05) is 20.8 Å². The number of aliphatic hydroxyl groups is 7. The van der Waals surface area contributed by atoms with Gasteiger partial charge in [0.05, 0.1) is 13.2 Å². The number of aliphatic hydroxyl groups excluding tert-OH is 7. The molecule has 306 valence electrons. The van der Waals surface area contributed by atoms with Crippen LogP contribution in [0.4, 0.5) is 0 Å². The maximum absolute atomic E-state index is 11.2. The van der Waals surface area contributed by atoms with Gasteiger partial charge in [0.15, 0.2) is 6.29 Å². The second kappa shape index (κ2) is 19.5. The van der Waals surface area contributed by atoms with Crippen molar-refractivity contribution in [3.05, 3.63) is 22.3 Å². The van der Waals surface area contributed by atoms with Crippen molar-refractivity contribution in [1.82, 2.24) is 0 Å². The lowest BCUT2D eigenvalue weighted by molar-refractivity contribution is -0.352. The third kappa shape index (κ3) is 10.8. The van der Waals surface area contributed by atoms with Crippen molar-refractivity contribution in [2.24, 2.45) is 17.8 Å². The maximum Gasteiger partial charge on any atom is 0.229 e. The molecule has 7 N–H and O–H groups in total. The molecule has 3 aliphatic heterocycles. The van der Waals surface area contributed by atoms with Crippen LogP contribution in [0.15, 0.2) is 0 Å². The lowest BCUT2D eigenvalue weighted by Crippen LogP contribution is -2.65. The molecule has 0 bridgehead atoms. The van der Waals surface area contributed by atoms with E-state index in [4.69, 9.17) is 23.7 Å². The first kappa shape index (κ1) is 44.1. The van der Waals surface area contributed by atoms with Crippen molar-refractivity contribution >= 4 is 0 Å². The van der Waals surface area contributed by atoms with Crippen molar-refractivity contribution in [2.75, 3.05) is 13.2 Å². The zero-order valence-electron chi connectivity index (χ0n) is 33.4. The van der Waals surface area contributed by atoms with Gasteiger partial charge in [-0.25, -0.2) is 0 Å². The van der Waals surface area contributed by atoms with Crippen LogP contribution >= 0.6 is 0 Å². The summed E-state index contributed by atoms with van der Waals surface area (Å²) in [6.45, 7) is 16.1. The highest BCUT2D eigenvalue weighted by Crippen LogP contribution is 2.46. The molecule has 0 saturated carbocycles. The Morgan fingerprint density at radius 1 is 0.679 bits per heavy atom. The van der Waals surface area contributed by atoms with Gasteiger partial charge in [0.2, 0.25) is 6.29 Å². The van der Waals surface area contributed by atoms with Gasteiger partial charge in [-0.2, -0.15) is 0 Å². The Morgan fingerprint density at radius 2 is 1.25 bits per heavy atom. The zero-order chi connectivity index (χ0) is 39.2. The normalized spacial score (nSPS) is 34.4. The summed E-state index contributed by atoms with van der Waals surface area (Å²) in [6, 6.07) is 0. The second-order valence-electron chi connectivity index (χ2n) is 17.0. The molecule has 0 aliphatic carbocycles. The van der Waals surface area contributed by atoms with Gasteiger partial charge in [-0.05, 0) is 87.8 Å². The highest BCUT2D eigenvalue weighted by Gasteiger charge is 2.51. The van der Waals surface area contributed by atoms with Crippen molar-refractivity contribution in [2.45, 2.75) is 193 Å². The summed E-state index contributed by atoms with van der Waals surface area (Å²) < 4.78 is 30.1. The van der Waals surface area contributed by atoms with E-state index >= 15 is 0 Å². The summed E-state index contributed by atoms with van der Waals surface area (Å²) in [4.78, 5) is 0. The summed E-state index contributed by atoms with van der Waals surface area (Å²) in [6.07, 6.45) is -2.36. The minimum atomic E-state index is -1.74. The summed E-state index contributed by atoms with van der Waals surface area (Å²) in [5.41, 5.74) is 3.34. The van der Waals surface area contributed by atoms with E-state index in [1.54, 1.807) is 0 Å². The van der Waals surface area contributed by atoms with E-state index < -0.39 is 74.6 Å². The van der Waals surface area contributed by atoms with E-state index in [0.29, 0.717) is 11.7 Å². The fourth-order valence-electron chi connectivity index (χ4n) is 8.21. The predicted octanol–water partition coefficient (Wildman–Crippen LogP) is 4.14. The van der Waals surface area contributed by atoms with Gasteiger partial charge in [0.1, 0.15) is 65.9 Å². The zero-order valence-corrected chi connectivity index (χ0v) is 33.4. The lowest BCUT2D eigenvalue weighted by Gasteiger charge is -2.46. The van der Waals surface area contributed by atoms with Crippen LogP contribution in [0.2, 0.25) is 0 Å². The first-order valence-corrected chi connectivity index (χ1v) is 20.1. The molecular formula is C41H70O12. The largest absolute Gasteiger partial charge is 0.487 e. The molecule has 0 radical (unpaired) electrons. The number of ether oxygens (including phenoxy) is 5. The van der Waals surface area contributed by atoms with Crippen molar-refractivity contribution < 1.29 is 59.4 Å². The highest BCUT2D eigenvalue weighted by molar-refractivity contribution is 5.59. The first-order valence-electron chi connectivity index (χ1n) is 20.1. The molecule has 2 fully saturated rings. The number of hydrogen-bond acceptors (Lipinski definition) is 12. The van der Waals surface area contributed by atoms with Crippen LogP contribution in [0.5, 0.6) is 11.5 Å². The van der Waals surface area contributed by atoms with E-state index in [1.165, 1.54) is 44.9 Å². The molecule has 4 rings (SSSR count). The Morgan fingerprint density at radius 3 is 1.85 bits per heavy atom. The predicted molar refractivity (Wildman–Crippen MR) is 200 cm³/mol. The molecule has 2 saturated heterocycles. The monoisotopic (exact) mass is 754 g/mol. The van der Waals surface area contributed by atoms with Gasteiger partial charge >= 0.3 is 0 Å². The van der Waals surface area contributed by atoms with Gasteiger partial charge in [-0.1, -0.05) is 72.6 Å². The summed E-state index contributed by atoms with van der Waals surface area (Å²) in [5, 5.41) is 72.7. The molecule has 0 amide bonds. The van der Waals surface area contributed by atoms with E-state index in [9.17, 15) is 35.7 Å². The molecule has 3 heterocycles. The first-order chi connectivity index (χ1) is 25.0. The summed E-state index contributed by atoms with van der Waals surface area (Å²) in [7, 11) is 0. The fourth-order valence-corrected chi connectivity index (χ4v) is 8.21. The van der Waals surface area contributed by atoms with E-state index in [0.717, 1.165) is 65.5 Å². The molecule has 0 spiro atoms. The fraction of sp³-hybridized carbons (Fsp3) is 0.854. The highest BCUT2D eigenvalue weighted by atomic mass is 16.7. The van der Waals surface area contributed by atoms with Crippen LogP contribution in [0.3, 0.4) is 0 Å². The topological polar surface area (TPSA) is 188 Å². The Bertz CT molecular complexity index is 1290. The van der Waals surface area contributed by atoms with Gasteiger partial charge in [0.25, 0.3) is 0 Å². The molecule has 0 aromatic heterocycles. The van der Waals surface area contributed by atoms with Gasteiger partial charge in [-0.15, -0.1) is 0 Å². The number of hydrogen-bond donors (Lipinski definition) is 7. The van der Waals surface area contributed by atoms with Crippen LogP contribution in [0, 0.1) is 38.5 Å². The Labute approximate surface area is 316 Å². The van der Waals surface area contributed by atoms with Crippen molar-refractivity contribution in [1.29, 1.82) is 0 Å². The molecule has 1 aromatic rings. The molecule has 53 heavy (non-hydrogen) atoms. The summed E-state index contributed by atoms with van der Waals surface area (Å²) in [5.74, 6) is 3.66. The standard InChI is InChI=1S/C41H70O12/c1-22(2)12-9-13-23(3)14-10-15-24(4)16-11-18-41(8)19-17-28-27(7)36(25(5)26(6)37(28)53-41)51-40-35(48)33(46)38(30(21-43)50-40)52-39-34(47)32(45)31(44)29(20-42)49-39/h22-24,29-35,38-40,42-48H,9-21H2,1-8H3/t23-,24-,29-,30-,31-,32+,33-,34-,35-,38-,39?,40+,41-/m1/s1. The molecule has 12 nitrogen and oxygen atoms in total. The van der Waals surface area contributed by atoms with Gasteiger partial charge in [0, 0.05) is 5.56 Å². The maximum atomic E-state index is 11.2. The van der Waals surface area contributed by atoms with E-state index in [2.05, 4.69) is 34.6 Å². The van der Waals surface area contributed by atoms with Crippen LogP contribution in [0.1, 0.15) is 121 Å². The van der Waals surface area contributed by atoms with Crippen molar-refractivity contribution in [3.8, 4) is 11.5 Å². The number of fused-ring (bicyclic) bond motifs is 1. The molecule has 3 aliphatic rings. The average molecular weight is 755 g/mol. The molecule has 13 atom stereocenters. The third-order valence-corrected chi connectivity index (χ3v) is 12.0. The van der Waals surface area contributed by atoms with Crippen LogP contribution in [-0.2, 0) is 20.6 Å².